The molecule has 1 unspecified atom stereocenters. The van der Waals surface area contributed by atoms with E-state index in [1.54, 1.807) is 17.1 Å². The normalized spacial score (nSPS) is 48.6. The number of Topliss-reactive ketones (excluding diaryl/α,β-unsaturated/α-hetero) is 1. The van der Waals surface area contributed by atoms with Crippen LogP contribution in [0.4, 0.5) is 0 Å². The first-order chi connectivity index (χ1) is 14.5. The summed E-state index contributed by atoms with van der Waals surface area (Å²) in [6, 6.07) is 2.12. The number of nitriles is 1. The van der Waals surface area contributed by atoms with Crippen molar-refractivity contribution in [1.29, 1.82) is 5.26 Å². The summed E-state index contributed by atoms with van der Waals surface area (Å²) in [5, 5.41) is 13.3. The Bertz CT molecular complexity index is 914. The van der Waals surface area contributed by atoms with Gasteiger partial charge in [0.1, 0.15) is 12.6 Å². The topological polar surface area (TPSA) is 58.7 Å². The second-order valence-electron chi connectivity index (χ2n) is 11.9. The van der Waals surface area contributed by atoms with Gasteiger partial charge in [-0.25, -0.2) is 0 Å². The molecule has 1 aromatic rings. The molecule has 1 heterocycles. The van der Waals surface area contributed by atoms with Crippen LogP contribution in [0.5, 0.6) is 0 Å². The molecule has 0 aromatic carbocycles. The molecule has 5 aliphatic carbocycles. The van der Waals surface area contributed by atoms with Gasteiger partial charge >= 0.3 is 0 Å². The van der Waals surface area contributed by atoms with Crippen molar-refractivity contribution in [2.45, 2.75) is 78.2 Å². The van der Waals surface area contributed by atoms with Crippen molar-refractivity contribution in [3.05, 3.63) is 18.0 Å². The van der Waals surface area contributed by atoms with Gasteiger partial charge < -0.3 is 0 Å². The molecule has 0 N–H and O–H groups in total. The predicted octanol–water partition coefficient (Wildman–Crippen LogP) is 5.23. The fraction of sp³-hybridized carbons (Fsp3) is 0.808. The van der Waals surface area contributed by atoms with E-state index in [4.69, 9.17) is 5.26 Å². The first-order valence-corrected chi connectivity index (χ1v) is 12.4. The lowest BCUT2D eigenvalue weighted by molar-refractivity contribution is -0.136. The largest absolute Gasteiger partial charge is 0.297 e. The molecule has 0 spiro atoms. The zero-order valence-electron chi connectivity index (χ0n) is 18.5. The minimum absolute atomic E-state index is 0.0979. The van der Waals surface area contributed by atoms with Crippen molar-refractivity contribution in [2.75, 3.05) is 0 Å². The van der Waals surface area contributed by atoms with Gasteiger partial charge in [-0.15, -0.1) is 0 Å². The molecule has 6 rings (SSSR count). The Labute approximate surface area is 180 Å². The van der Waals surface area contributed by atoms with Gasteiger partial charge in [0, 0.05) is 11.6 Å². The Hall–Kier alpha value is -1.63. The SMILES string of the molecule is C[C@H]1CC[C@H]2[C@H](CC[C@@H]3[C@@H]2CC[C@@]2(C)[C@H]3CC3C[C@]32C(=O)Cn2cc(C#N)cn2)C1. The van der Waals surface area contributed by atoms with Gasteiger partial charge in [-0.3, -0.25) is 9.48 Å². The number of nitrogens with zero attached hydrogens (tertiary/aromatic N) is 3. The average molecular weight is 406 g/mol. The summed E-state index contributed by atoms with van der Waals surface area (Å²) in [7, 11) is 0. The molecule has 5 aliphatic rings. The molecule has 4 nitrogen and oxygen atoms in total. The lowest BCUT2D eigenvalue weighted by Gasteiger charge is -2.57. The van der Waals surface area contributed by atoms with E-state index in [2.05, 4.69) is 25.0 Å². The molecule has 9 atom stereocenters. The molecule has 4 heteroatoms. The highest BCUT2D eigenvalue weighted by atomic mass is 16.1. The van der Waals surface area contributed by atoms with Gasteiger partial charge in [0.05, 0.1) is 11.8 Å². The smallest absolute Gasteiger partial charge is 0.161 e. The minimum Gasteiger partial charge on any atom is -0.297 e. The zero-order valence-corrected chi connectivity index (χ0v) is 18.5. The molecule has 0 bridgehead atoms. The Balaban J connectivity index is 1.23. The van der Waals surface area contributed by atoms with Crippen molar-refractivity contribution < 1.29 is 4.79 Å². The number of rotatable bonds is 3. The lowest BCUT2D eigenvalue weighted by Crippen LogP contribution is -2.51. The van der Waals surface area contributed by atoms with E-state index >= 15 is 0 Å². The highest BCUT2D eigenvalue weighted by Gasteiger charge is 2.77. The summed E-state index contributed by atoms with van der Waals surface area (Å²) in [4.78, 5) is 13.6. The number of carbonyl (C=O) groups is 1. The van der Waals surface area contributed by atoms with Gasteiger partial charge in [0.15, 0.2) is 5.78 Å². The Kier molecular flexibility index (Phi) is 4.10. The highest BCUT2D eigenvalue weighted by Crippen LogP contribution is 2.80. The number of aromatic nitrogens is 2. The van der Waals surface area contributed by atoms with Crippen molar-refractivity contribution in [3.63, 3.8) is 0 Å². The molecule has 5 saturated carbocycles. The summed E-state index contributed by atoms with van der Waals surface area (Å²) >= 11 is 0. The number of ketones is 1. The molecular weight excluding hydrogens is 370 g/mol. The second-order valence-corrected chi connectivity index (χ2v) is 11.9. The number of fused-ring (bicyclic) bond motifs is 7. The van der Waals surface area contributed by atoms with Gasteiger partial charge in [0.2, 0.25) is 0 Å². The van der Waals surface area contributed by atoms with Crippen LogP contribution in [0.25, 0.3) is 0 Å². The Morgan fingerprint density at radius 2 is 2.03 bits per heavy atom. The summed E-state index contributed by atoms with van der Waals surface area (Å²) in [5.74, 6) is 6.44. The molecule has 5 fully saturated rings. The van der Waals surface area contributed by atoms with E-state index < -0.39 is 0 Å². The van der Waals surface area contributed by atoms with Crippen LogP contribution in [-0.2, 0) is 11.3 Å². The molecule has 0 radical (unpaired) electrons. The third-order valence-corrected chi connectivity index (χ3v) is 10.8. The van der Waals surface area contributed by atoms with E-state index in [0.717, 1.165) is 41.9 Å². The third kappa shape index (κ3) is 2.44. The van der Waals surface area contributed by atoms with Gasteiger partial charge in [-0.2, -0.15) is 10.4 Å². The maximum atomic E-state index is 13.6. The molecule has 30 heavy (non-hydrogen) atoms. The van der Waals surface area contributed by atoms with E-state index in [1.807, 2.05) is 0 Å². The maximum absolute atomic E-state index is 13.6. The van der Waals surface area contributed by atoms with Gasteiger partial charge in [0.25, 0.3) is 0 Å². The minimum atomic E-state index is -0.0979. The van der Waals surface area contributed by atoms with Crippen LogP contribution in [-0.4, -0.2) is 15.6 Å². The van der Waals surface area contributed by atoms with E-state index in [-0.39, 0.29) is 10.8 Å². The van der Waals surface area contributed by atoms with E-state index in [1.165, 1.54) is 51.4 Å². The average Bonchev–Trinajstić information content (AvgIpc) is 3.20. The molecule has 0 amide bonds. The quantitative estimate of drug-likeness (QED) is 0.692. The standard InChI is InChI=1S/C26H35N3O/c1-16-3-5-20-18(9-16)4-6-22-21(20)7-8-25(2)23(22)10-19-11-26(19,25)24(30)15-29-14-17(12-27)13-28-29/h13-14,16,18-23H,3-11,15H2,1-2H3/t16-,18+,19?,20-,21+,22+,23-,25-,26+/m0/s1. The molecule has 1 aromatic heterocycles. The van der Waals surface area contributed by atoms with Gasteiger partial charge in [-0.1, -0.05) is 20.3 Å². The van der Waals surface area contributed by atoms with Crippen LogP contribution in [0.15, 0.2) is 12.4 Å². The van der Waals surface area contributed by atoms with E-state index in [9.17, 15) is 4.79 Å². The fourth-order valence-corrected chi connectivity index (χ4v) is 9.47. The van der Waals surface area contributed by atoms with Crippen LogP contribution in [0, 0.1) is 63.6 Å². The lowest BCUT2D eigenvalue weighted by atomic mass is 9.47. The molecule has 0 aliphatic heterocycles. The number of carbonyl (C=O) groups excluding carboxylic acids is 1. The van der Waals surface area contributed by atoms with Gasteiger partial charge in [-0.05, 0) is 98.2 Å². The summed E-state index contributed by atoms with van der Waals surface area (Å²) in [6.07, 6.45) is 15.5. The van der Waals surface area contributed by atoms with Crippen LogP contribution >= 0.6 is 0 Å². The van der Waals surface area contributed by atoms with Crippen molar-refractivity contribution in [1.82, 2.24) is 9.78 Å². The van der Waals surface area contributed by atoms with E-state index in [0.29, 0.717) is 23.8 Å². The molecule has 0 saturated heterocycles. The molecule has 160 valence electrons. The van der Waals surface area contributed by atoms with Crippen LogP contribution in [0.1, 0.15) is 77.2 Å². The van der Waals surface area contributed by atoms with Crippen molar-refractivity contribution in [2.24, 2.45) is 52.3 Å². The van der Waals surface area contributed by atoms with Crippen LogP contribution in [0.2, 0.25) is 0 Å². The summed E-state index contributed by atoms with van der Waals surface area (Å²) in [6.45, 7) is 5.29. The molecular formula is C26H35N3O. The monoisotopic (exact) mass is 405 g/mol. The zero-order chi connectivity index (χ0) is 20.7. The number of hydrogen-bond acceptors (Lipinski definition) is 3. The first-order valence-electron chi connectivity index (χ1n) is 12.4. The summed E-state index contributed by atoms with van der Waals surface area (Å²) < 4.78 is 1.70. The van der Waals surface area contributed by atoms with Crippen molar-refractivity contribution >= 4 is 5.78 Å². The van der Waals surface area contributed by atoms with Crippen LogP contribution < -0.4 is 0 Å². The number of hydrogen-bond donors (Lipinski definition) is 0. The maximum Gasteiger partial charge on any atom is 0.161 e. The van der Waals surface area contributed by atoms with Crippen LogP contribution in [0.3, 0.4) is 0 Å². The van der Waals surface area contributed by atoms with Crippen molar-refractivity contribution in [3.8, 4) is 6.07 Å². The predicted molar refractivity (Wildman–Crippen MR) is 114 cm³/mol. The second kappa shape index (κ2) is 6.44. The Morgan fingerprint density at radius 1 is 1.20 bits per heavy atom. The fourth-order valence-electron chi connectivity index (χ4n) is 9.47. The summed E-state index contributed by atoms with van der Waals surface area (Å²) in [5.41, 5.74) is 0.636. The third-order valence-electron chi connectivity index (χ3n) is 10.8. The first kappa shape index (κ1) is 19.1. The Morgan fingerprint density at radius 3 is 2.83 bits per heavy atom. The highest BCUT2D eigenvalue weighted by molar-refractivity contribution is 5.89.